The van der Waals surface area contributed by atoms with Gasteiger partial charge in [-0.15, -0.1) is 0 Å². The van der Waals surface area contributed by atoms with Gasteiger partial charge in [-0.05, 0) is 57.9 Å². The van der Waals surface area contributed by atoms with Gasteiger partial charge in [0.25, 0.3) is 0 Å². The topological polar surface area (TPSA) is 64.4 Å². The van der Waals surface area contributed by atoms with Crippen LogP contribution in [0.4, 0.5) is 0 Å². The van der Waals surface area contributed by atoms with Gasteiger partial charge in [0, 0.05) is 37.5 Å². The van der Waals surface area contributed by atoms with E-state index >= 15 is 0 Å². The number of ketones is 1. The number of aryl methyl sites for hydroxylation is 2. The maximum atomic E-state index is 13.1. The lowest BCUT2D eigenvalue weighted by Crippen LogP contribution is -2.42. The molecule has 1 aromatic heterocycles. The Hall–Kier alpha value is -3.15. The lowest BCUT2D eigenvalue weighted by molar-refractivity contribution is -0.132. The summed E-state index contributed by atoms with van der Waals surface area (Å²) in [5.74, 6) is 1.63. The highest BCUT2D eigenvalue weighted by Crippen LogP contribution is 2.24. The molecule has 0 unspecified atom stereocenters. The van der Waals surface area contributed by atoms with Gasteiger partial charge in [-0.3, -0.25) is 9.59 Å². The van der Waals surface area contributed by atoms with Crippen LogP contribution in [0.25, 0.3) is 11.0 Å². The van der Waals surface area contributed by atoms with E-state index in [1.54, 1.807) is 0 Å². The molecule has 0 saturated carbocycles. The highest BCUT2D eigenvalue weighted by Gasteiger charge is 2.29. The number of Topliss-reactive ketones (excluding diaryl/α,β-unsaturated/α-hetero) is 1. The third kappa shape index (κ3) is 4.85. The maximum Gasteiger partial charge on any atom is 0.224 e. The largest absolute Gasteiger partial charge is 0.491 e. The summed E-state index contributed by atoms with van der Waals surface area (Å²) >= 11 is 0. The van der Waals surface area contributed by atoms with E-state index in [0.29, 0.717) is 37.4 Å². The van der Waals surface area contributed by atoms with Gasteiger partial charge in [0.1, 0.15) is 11.6 Å². The van der Waals surface area contributed by atoms with Gasteiger partial charge in [0.2, 0.25) is 5.91 Å². The second-order valence-electron chi connectivity index (χ2n) is 8.79. The Morgan fingerprint density at radius 1 is 1.16 bits per heavy atom. The van der Waals surface area contributed by atoms with Crippen molar-refractivity contribution in [2.24, 2.45) is 5.92 Å². The molecular formula is C26H31N3O3. The Morgan fingerprint density at radius 3 is 2.78 bits per heavy atom. The fourth-order valence-electron chi connectivity index (χ4n) is 4.49. The average Bonchev–Trinajstić information content (AvgIpc) is 3.11. The van der Waals surface area contributed by atoms with Crippen LogP contribution in [-0.4, -0.2) is 45.3 Å². The molecule has 1 saturated heterocycles. The van der Waals surface area contributed by atoms with E-state index in [2.05, 4.69) is 9.55 Å². The number of carbonyl (C=O) groups excluding carboxylic acids is 2. The van der Waals surface area contributed by atoms with Gasteiger partial charge in [0.05, 0.1) is 17.1 Å². The van der Waals surface area contributed by atoms with Crippen molar-refractivity contribution in [2.75, 3.05) is 13.1 Å². The van der Waals surface area contributed by atoms with Crippen LogP contribution < -0.4 is 4.74 Å². The molecule has 32 heavy (non-hydrogen) atoms. The second kappa shape index (κ2) is 9.55. The van der Waals surface area contributed by atoms with Crippen molar-refractivity contribution >= 4 is 22.7 Å². The molecule has 0 N–H and O–H groups in total. The minimum Gasteiger partial charge on any atom is -0.491 e. The number of benzene rings is 2. The van der Waals surface area contributed by atoms with Gasteiger partial charge in [-0.1, -0.05) is 24.3 Å². The third-order valence-corrected chi connectivity index (χ3v) is 6.03. The zero-order valence-electron chi connectivity index (χ0n) is 19.1. The van der Waals surface area contributed by atoms with Crippen molar-refractivity contribution in [3.63, 3.8) is 0 Å². The van der Waals surface area contributed by atoms with Gasteiger partial charge in [-0.2, -0.15) is 0 Å². The number of amides is 1. The van der Waals surface area contributed by atoms with Crippen molar-refractivity contribution in [3.05, 3.63) is 59.9 Å². The van der Waals surface area contributed by atoms with Crippen molar-refractivity contribution in [2.45, 2.75) is 52.7 Å². The predicted octanol–water partition coefficient (Wildman–Crippen LogP) is 4.64. The summed E-state index contributed by atoms with van der Waals surface area (Å²) in [6.45, 7) is 7.69. The molecule has 0 aliphatic carbocycles. The van der Waals surface area contributed by atoms with E-state index < -0.39 is 0 Å². The quantitative estimate of drug-likeness (QED) is 0.509. The van der Waals surface area contributed by atoms with Crippen LogP contribution in [0.1, 0.15) is 49.3 Å². The first kappa shape index (κ1) is 22.1. The summed E-state index contributed by atoms with van der Waals surface area (Å²) in [6, 6.07) is 15.4. The summed E-state index contributed by atoms with van der Waals surface area (Å²) in [7, 11) is 0. The van der Waals surface area contributed by atoms with Crippen LogP contribution in [0.15, 0.2) is 48.5 Å². The standard InChI is InChI=1S/C26H31N3O3/c1-18(2)32-22-10-6-8-20(16-22)26(31)21-9-7-14-28(17-21)25(30)13-15-29-19(3)27-23-11-4-5-12-24(23)29/h4-6,8,10-12,16,18,21H,7,9,13-15,17H2,1-3H3/t21-/m0/s1. The van der Waals surface area contributed by atoms with Crippen LogP contribution >= 0.6 is 0 Å². The summed E-state index contributed by atoms with van der Waals surface area (Å²) in [6.07, 6.45) is 2.11. The number of hydrogen-bond acceptors (Lipinski definition) is 4. The number of aromatic nitrogens is 2. The van der Waals surface area contributed by atoms with Crippen molar-refractivity contribution in [3.8, 4) is 5.75 Å². The molecule has 168 valence electrons. The van der Waals surface area contributed by atoms with E-state index in [9.17, 15) is 9.59 Å². The lowest BCUT2D eigenvalue weighted by atomic mass is 9.89. The van der Waals surface area contributed by atoms with E-state index in [1.807, 2.05) is 74.2 Å². The molecule has 1 aliphatic rings. The van der Waals surface area contributed by atoms with Gasteiger partial charge >= 0.3 is 0 Å². The Kier molecular flexibility index (Phi) is 6.58. The smallest absolute Gasteiger partial charge is 0.224 e. The Labute approximate surface area is 189 Å². The fraction of sp³-hybridized carbons (Fsp3) is 0.423. The number of ether oxygens (including phenoxy) is 1. The zero-order chi connectivity index (χ0) is 22.7. The average molecular weight is 434 g/mol. The number of rotatable bonds is 7. The molecule has 1 fully saturated rings. The number of fused-ring (bicyclic) bond motifs is 1. The van der Waals surface area contributed by atoms with E-state index in [0.717, 1.165) is 29.7 Å². The summed E-state index contributed by atoms with van der Waals surface area (Å²) in [5.41, 5.74) is 2.65. The summed E-state index contributed by atoms with van der Waals surface area (Å²) < 4.78 is 7.83. The number of piperidine rings is 1. The fourth-order valence-corrected chi connectivity index (χ4v) is 4.49. The molecule has 4 rings (SSSR count). The highest BCUT2D eigenvalue weighted by atomic mass is 16.5. The molecule has 3 aromatic rings. The maximum absolute atomic E-state index is 13.1. The zero-order valence-corrected chi connectivity index (χ0v) is 19.1. The monoisotopic (exact) mass is 433 g/mol. The number of likely N-dealkylation sites (tertiary alicyclic amines) is 1. The molecule has 1 atom stereocenters. The number of para-hydroxylation sites is 2. The van der Waals surface area contributed by atoms with Crippen LogP contribution in [0, 0.1) is 12.8 Å². The van der Waals surface area contributed by atoms with Crippen molar-refractivity contribution < 1.29 is 14.3 Å². The molecule has 0 spiro atoms. The van der Waals surface area contributed by atoms with Crippen molar-refractivity contribution in [1.29, 1.82) is 0 Å². The van der Waals surface area contributed by atoms with E-state index in [-0.39, 0.29) is 23.7 Å². The van der Waals surface area contributed by atoms with Gasteiger partial charge < -0.3 is 14.2 Å². The normalized spacial score (nSPS) is 16.5. The molecular weight excluding hydrogens is 402 g/mol. The van der Waals surface area contributed by atoms with Crippen LogP contribution in [0.3, 0.4) is 0 Å². The van der Waals surface area contributed by atoms with Crippen LogP contribution in [0.2, 0.25) is 0 Å². The molecule has 6 heteroatoms. The molecule has 1 aliphatic heterocycles. The Morgan fingerprint density at radius 2 is 1.97 bits per heavy atom. The van der Waals surface area contributed by atoms with Gasteiger partial charge in [-0.25, -0.2) is 4.98 Å². The Balaban J connectivity index is 1.39. The summed E-state index contributed by atoms with van der Waals surface area (Å²) in [4.78, 5) is 32.6. The van der Waals surface area contributed by atoms with E-state index in [1.165, 1.54) is 0 Å². The SMILES string of the molecule is Cc1nc2ccccc2n1CCC(=O)N1CCC[C@H](C(=O)c2cccc(OC(C)C)c2)C1. The first-order valence-electron chi connectivity index (χ1n) is 11.4. The minimum atomic E-state index is -0.169. The van der Waals surface area contributed by atoms with Crippen LogP contribution in [0.5, 0.6) is 5.75 Å². The predicted molar refractivity (Wildman–Crippen MR) is 125 cm³/mol. The number of imidazole rings is 1. The molecule has 0 bridgehead atoms. The van der Waals surface area contributed by atoms with Gasteiger partial charge in [0.15, 0.2) is 5.78 Å². The minimum absolute atomic E-state index is 0.0550. The first-order valence-corrected chi connectivity index (χ1v) is 11.4. The molecule has 2 heterocycles. The molecule has 0 radical (unpaired) electrons. The Bertz CT molecular complexity index is 1120. The number of carbonyl (C=O) groups is 2. The highest BCUT2D eigenvalue weighted by molar-refractivity contribution is 5.98. The lowest BCUT2D eigenvalue weighted by Gasteiger charge is -2.32. The molecule has 6 nitrogen and oxygen atoms in total. The molecule has 1 amide bonds. The van der Waals surface area contributed by atoms with E-state index in [4.69, 9.17) is 4.74 Å². The van der Waals surface area contributed by atoms with Crippen molar-refractivity contribution in [1.82, 2.24) is 14.5 Å². The third-order valence-electron chi connectivity index (χ3n) is 6.03. The summed E-state index contributed by atoms with van der Waals surface area (Å²) in [5, 5.41) is 0. The first-order chi connectivity index (χ1) is 15.4. The number of hydrogen-bond donors (Lipinski definition) is 0. The second-order valence-corrected chi connectivity index (χ2v) is 8.79. The molecule has 2 aromatic carbocycles. The van der Waals surface area contributed by atoms with Crippen LogP contribution in [-0.2, 0) is 11.3 Å². The number of nitrogens with zero attached hydrogens (tertiary/aromatic N) is 3.